The second kappa shape index (κ2) is 6.89. The van der Waals surface area contributed by atoms with Gasteiger partial charge in [0.1, 0.15) is 0 Å². The van der Waals surface area contributed by atoms with Gasteiger partial charge in [-0.3, -0.25) is 0 Å². The molecule has 0 aliphatic rings. The van der Waals surface area contributed by atoms with Crippen LogP contribution < -0.4 is 0 Å². The van der Waals surface area contributed by atoms with E-state index in [4.69, 9.17) is 4.74 Å². The highest BCUT2D eigenvalue weighted by Gasteiger charge is 1.95. The molecule has 2 heteroatoms. The maximum absolute atomic E-state index is 10.9. The van der Waals surface area contributed by atoms with Crippen molar-refractivity contribution in [3.05, 3.63) is 12.2 Å². The highest BCUT2D eigenvalue weighted by atomic mass is 16.5. The summed E-state index contributed by atoms with van der Waals surface area (Å²) < 4.78 is 4.91. The lowest BCUT2D eigenvalue weighted by Crippen LogP contribution is -2.02. The van der Waals surface area contributed by atoms with E-state index in [1.165, 1.54) is 6.08 Å². The molecule has 0 aromatic carbocycles. The quantitative estimate of drug-likeness (QED) is 0.360. The molecular formula is C10H18O2. The topological polar surface area (TPSA) is 26.3 Å². The van der Waals surface area contributed by atoms with Gasteiger partial charge in [-0.05, 0) is 12.3 Å². The van der Waals surface area contributed by atoms with Crippen LogP contribution in [0, 0.1) is 5.92 Å². The molecule has 2 nitrogen and oxygen atoms in total. The summed E-state index contributed by atoms with van der Waals surface area (Å²) >= 11 is 0. The first-order chi connectivity index (χ1) is 5.66. The largest absolute Gasteiger partial charge is 0.463 e. The summed E-state index contributed by atoms with van der Waals surface area (Å²) in [6, 6.07) is 0. The number of ether oxygens (including phenoxy) is 1. The van der Waals surface area contributed by atoms with E-state index in [9.17, 15) is 4.79 Å². The highest BCUT2D eigenvalue weighted by molar-refractivity contribution is 5.81. The Morgan fingerprint density at radius 3 is 2.67 bits per heavy atom. The zero-order chi connectivity index (χ0) is 9.40. The van der Waals surface area contributed by atoms with Crippen molar-refractivity contribution in [1.29, 1.82) is 0 Å². The highest BCUT2D eigenvalue weighted by Crippen LogP contribution is 1.95. The Labute approximate surface area is 74.6 Å². The third-order valence-electron chi connectivity index (χ3n) is 1.36. The third kappa shape index (κ3) is 7.32. The van der Waals surface area contributed by atoms with Gasteiger partial charge in [0.2, 0.25) is 0 Å². The van der Waals surface area contributed by atoms with Gasteiger partial charge in [0.25, 0.3) is 0 Å². The summed E-state index contributed by atoms with van der Waals surface area (Å²) in [5.41, 5.74) is 0. The van der Waals surface area contributed by atoms with Crippen molar-refractivity contribution in [3.63, 3.8) is 0 Å². The lowest BCUT2D eigenvalue weighted by Gasteiger charge is -1.99. The lowest BCUT2D eigenvalue weighted by molar-refractivity contribution is -0.137. The van der Waals surface area contributed by atoms with Crippen LogP contribution in [-0.2, 0) is 9.53 Å². The first kappa shape index (κ1) is 11.2. The van der Waals surface area contributed by atoms with Crippen molar-refractivity contribution in [2.24, 2.45) is 5.92 Å². The molecule has 0 spiro atoms. The summed E-state index contributed by atoms with van der Waals surface area (Å²) in [6.07, 6.45) is 5.34. The molecule has 0 bridgehead atoms. The number of carbonyl (C=O) groups is 1. The summed E-state index contributed by atoms with van der Waals surface area (Å²) in [5.74, 6) is 0.181. The zero-order valence-electron chi connectivity index (χ0n) is 8.17. The molecule has 0 aromatic rings. The van der Waals surface area contributed by atoms with Crippen molar-refractivity contribution in [1.82, 2.24) is 0 Å². The van der Waals surface area contributed by atoms with Crippen molar-refractivity contribution in [2.45, 2.75) is 33.6 Å². The Kier molecular flexibility index (Phi) is 6.44. The number of rotatable bonds is 5. The van der Waals surface area contributed by atoms with Crippen LogP contribution in [0.1, 0.15) is 33.6 Å². The summed E-state index contributed by atoms with van der Waals surface area (Å²) in [5, 5.41) is 0. The van der Waals surface area contributed by atoms with Gasteiger partial charge in [-0.15, -0.1) is 0 Å². The predicted octanol–water partition coefficient (Wildman–Crippen LogP) is 2.54. The van der Waals surface area contributed by atoms with Crippen LogP contribution >= 0.6 is 0 Å². The minimum absolute atomic E-state index is 0.225. The number of allylic oxidation sites excluding steroid dienone is 1. The molecule has 0 unspecified atom stereocenters. The fourth-order valence-electron chi connectivity index (χ4n) is 0.636. The molecular weight excluding hydrogens is 152 g/mol. The minimum Gasteiger partial charge on any atom is -0.463 e. The van der Waals surface area contributed by atoms with Crippen LogP contribution in [-0.4, -0.2) is 12.6 Å². The van der Waals surface area contributed by atoms with Crippen molar-refractivity contribution < 1.29 is 9.53 Å². The molecule has 0 N–H and O–H groups in total. The van der Waals surface area contributed by atoms with Crippen LogP contribution in [0.2, 0.25) is 0 Å². The van der Waals surface area contributed by atoms with E-state index in [0.717, 1.165) is 12.8 Å². The molecule has 12 heavy (non-hydrogen) atoms. The molecule has 70 valence electrons. The maximum atomic E-state index is 10.9. The van der Waals surface area contributed by atoms with E-state index in [0.29, 0.717) is 12.5 Å². The zero-order valence-corrected chi connectivity index (χ0v) is 8.17. The molecule has 0 saturated heterocycles. The van der Waals surface area contributed by atoms with Crippen LogP contribution in [0.25, 0.3) is 0 Å². The van der Waals surface area contributed by atoms with Gasteiger partial charge in [0, 0.05) is 6.08 Å². The molecule has 0 fully saturated rings. The first-order valence-corrected chi connectivity index (χ1v) is 4.51. The van der Waals surface area contributed by atoms with E-state index < -0.39 is 0 Å². The maximum Gasteiger partial charge on any atom is 0.330 e. The molecule has 0 aliphatic heterocycles. The molecule has 0 amide bonds. The van der Waals surface area contributed by atoms with Crippen molar-refractivity contribution >= 4 is 5.97 Å². The molecule has 0 saturated carbocycles. The Balaban J connectivity index is 3.46. The Morgan fingerprint density at radius 1 is 1.50 bits per heavy atom. The average molecular weight is 170 g/mol. The van der Waals surface area contributed by atoms with E-state index in [-0.39, 0.29) is 5.97 Å². The van der Waals surface area contributed by atoms with Crippen LogP contribution in [0.3, 0.4) is 0 Å². The molecule has 0 atom stereocenters. The minimum atomic E-state index is -0.225. The van der Waals surface area contributed by atoms with Gasteiger partial charge in [-0.1, -0.05) is 33.3 Å². The standard InChI is InChI=1S/C10H18O2/c1-4-5-8-12-10(11)7-6-9(2)3/h6-7,9H,4-5,8H2,1-3H3/b7-6+. The van der Waals surface area contributed by atoms with Crippen LogP contribution in [0.15, 0.2) is 12.2 Å². The molecule has 0 aromatic heterocycles. The normalized spacial score (nSPS) is 11.0. The second-order valence-electron chi connectivity index (χ2n) is 3.12. The monoisotopic (exact) mass is 170 g/mol. The van der Waals surface area contributed by atoms with Crippen LogP contribution in [0.4, 0.5) is 0 Å². The van der Waals surface area contributed by atoms with Crippen LogP contribution in [0.5, 0.6) is 0 Å². The smallest absolute Gasteiger partial charge is 0.330 e. The summed E-state index contributed by atoms with van der Waals surface area (Å²) in [4.78, 5) is 10.9. The number of hydrogen-bond donors (Lipinski definition) is 0. The van der Waals surface area contributed by atoms with E-state index >= 15 is 0 Å². The number of esters is 1. The Hall–Kier alpha value is -0.790. The van der Waals surface area contributed by atoms with Gasteiger partial charge >= 0.3 is 5.97 Å². The first-order valence-electron chi connectivity index (χ1n) is 4.51. The van der Waals surface area contributed by atoms with Gasteiger partial charge in [0.15, 0.2) is 0 Å². The van der Waals surface area contributed by atoms with Crippen molar-refractivity contribution in [3.8, 4) is 0 Å². The van der Waals surface area contributed by atoms with Gasteiger partial charge in [-0.25, -0.2) is 4.79 Å². The van der Waals surface area contributed by atoms with E-state index in [1.807, 2.05) is 19.9 Å². The number of unbranched alkanes of at least 4 members (excludes halogenated alkanes) is 1. The molecule has 0 radical (unpaired) electrons. The van der Waals surface area contributed by atoms with Gasteiger partial charge < -0.3 is 4.74 Å². The Morgan fingerprint density at radius 2 is 2.17 bits per heavy atom. The summed E-state index contributed by atoms with van der Waals surface area (Å²) in [7, 11) is 0. The summed E-state index contributed by atoms with van der Waals surface area (Å²) in [6.45, 7) is 6.65. The average Bonchev–Trinajstić information content (AvgIpc) is 2.01. The fraction of sp³-hybridized carbons (Fsp3) is 0.700. The predicted molar refractivity (Wildman–Crippen MR) is 49.8 cm³/mol. The van der Waals surface area contributed by atoms with E-state index in [1.54, 1.807) is 0 Å². The molecule has 0 rings (SSSR count). The molecule has 0 heterocycles. The second-order valence-corrected chi connectivity index (χ2v) is 3.12. The van der Waals surface area contributed by atoms with E-state index in [2.05, 4.69) is 6.92 Å². The van der Waals surface area contributed by atoms with Gasteiger partial charge in [0.05, 0.1) is 6.61 Å². The fourth-order valence-corrected chi connectivity index (χ4v) is 0.636. The third-order valence-corrected chi connectivity index (χ3v) is 1.36. The number of carbonyl (C=O) groups excluding carboxylic acids is 1. The van der Waals surface area contributed by atoms with Crippen molar-refractivity contribution in [2.75, 3.05) is 6.61 Å². The SMILES string of the molecule is CCCCOC(=O)/C=C/C(C)C. The number of hydrogen-bond acceptors (Lipinski definition) is 2. The molecule has 0 aliphatic carbocycles. The lowest BCUT2D eigenvalue weighted by atomic mass is 10.2. The van der Waals surface area contributed by atoms with Gasteiger partial charge in [-0.2, -0.15) is 0 Å². The Bertz CT molecular complexity index is 148.